The minimum absolute atomic E-state index is 0.132. The number of anilines is 1. The van der Waals surface area contributed by atoms with Gasteiger partial charge < -0.3 is 19.2 Å². The molecule has 0 aliphatic heterocycles. The van der Waals surface area contributed by atoms with Gasteiger partial charge in [-0.05, 0) is 36.4 Å². The molecule has 7 nitrogen and oxygen atoms in total. The molecule has 3 unspecified atom stereocenters. The Morgan fingerprint density at radius 3 is 2.53 bits per heavy atom. The molecule has 1 aromatic carbocycles. The highest BCUT2D eigenvalue weighted by Gasteiger charge is 2.44. The third-order valence-electron chi connectivity index (χ3n) is 6.12. The molecule has 0 N–H and O–H groups in total. The summed E-state index contributed by atoms with van der Waals surface area (Å²) in [7, 11) is 5.74. The Hall–Kier alpha value is -2.57. The Bertz CT molecular complexity index is 807. The van der Waals surface area contributed by atoms with Crippen molar-refractivity contribution in [2.24, 2.45) is 5.92 Å². The number of urea groups is 1. The molecule has 0 bridgehead atoms. The van der Waals surface area contributed by atoms with Crippen molar-refractivity contribution in [3.8, 4) is 0 Å². The normalized spacial score (nSPS) is 18.7. The van der Waals surface area contributed by atoms with Crippen molar-refractivity contribution in [2.75, 3.05) is 39.1 Å². The summed E-state index contributed by atoms with van der Waals surface area (Å²) >= 11 is 0. The van der Waals surface area contributed by atoms with Crippen LogP contribution >= 0.6 is 0 Å². The Labute approximate surface area is 180 Å². The van der Waals surface area contributed by atoms with Gasteiger partial charge in [-0.25, -0.2) is 4.79 Å². The van der Waals surface area contributed by atoms with Gasteiger partial charge in [0.25, 0.3) is 5.95 Å². The van der Waals surface area contributed by atoms with E-state index >= 15 is 0 Å². The first kappa shape index (κ1) is 22.1. The van der Waals surface area contributed by atoms with Gasteiger partial charge in [0.15, 0.2) is 0 Å². The highest BCUT2D eigenvalue weighted by atomic mass is 16.5. The summed E-state index contributed by atoms with van der Waals surface area (Å²) in [4.78, 5) is 23.3. The zero-order valence-corrected chi connectivity index (χ0v) is 18.9. The van der Waals surface area contributed by atoms with E-state index in [1.165, 1.54) is 5.56 Å². The molecule has 1 aromatic heterocycles. The summed E-state index contributed by atoms with van der Waals surface area (Å²) in [6.07, 6.45) is 3.72. The number of aromatic nitrogens is 2. The number of carbonyl (C=O) groups excluding carboxylic acids is 1. The van der Waals surface area contributed by atoms with E-state index in [4.69, 9.17) is 4.52 Å². The lowest BCUT2D eigenvalue weighted by Gasteiger charge is -2.30. The first-order valence-electron chi connectivity index (χ1n) is 11.0. The Morgan fingerprint density at radius 2 is 1.93 bits per heavy atom. The third-order valence-corrected chi connectivity index (χ3v) is 6.12. The van der Waals surface area contributed by atoms with Crippen LogP contribution in [0.3, 0.4) is 0 Å². The highest BCUT2D eigenvalue weighted by Crippen LogP contribution is 2.44. The van der Waals surface area contributed by atoms with E-state index in [-0.39, 0.29) is 6.03 Å². The Morgan fingerprint density at radius 1 is 1.20 bits per heavy atom. The summed E-state index contributed by atoms with van der Waals surface area (Å²) in [5, 5.41) is 3.98. The maximum Gasteiger partial charge on any atom is 0.320 e. The van der Waals surface area contributed by atoms with E-state index < -0.39 is 0 Å². The van der Waals surface area contributed by atoms with Crippen molar-refractivity contribution in [3.05, 3.63) is 41.8 Å². The number of likely N-dealkylation sites (N-methyl/N-ethyl adjacent to an activating group) is 1. The summed E-state index contributed by atoms with van der Waals surface area (Å²) in [6.45, 7) is 5.71. The second kappa shape index (κ2) is 9.96. The van der Waals surface area contributed by atoms with Crippen LogP contribution in [0, 0.1) is 5.92 Å². The molecular formula is C23H35N5O2. The molecule has 0 spiro atoms. The fourth-order valence-corrected chi connectivity index (χ4v) is 3.97. The van der Waals surface area contributed by atoms with Crippen molar-refractivity contribution in [1.29, 1.82) is 0 Å². The molecule has 30 heavy (non-hydrogen) atoms. The molecule has 1 aliphatic rings. The van der Waals surface area contributed by atoms with E-state index in [0.29, 0.717) is 36.3 Å². The van der Waals surface area contributed by atoms with Gasteiger partial charge >= 0.3 is 6.03 Å². The molecule has 0 saturated heterocycles. The average molecular weight is 414 g/mol. The smallest absolute Gasteiger partial charge is 0.320 e. The molecule has 3 rings (SSSR count). The largest absolute Gasteiger partial charge is 0.344 e. The van der Waals surface area contributed by atoms with Gasteiger partial charge in [-0.2, -0.15) is 4.98 Å². The lowest BCUT2D eigenvalue weighted by Crippen LogP contribution is -2.44. The van der Waals surface area contributed by atoms with Gasteiger partial charge in [0, 0.05) is 52.6 Å². The molecular weight excluding hydrogens is 378 g/mol. The molecule has 1 heterocycles. The quantitative estimate of drug-likeness (QED) is 0.588. The minimum atomic E-state index is 0.132. The van der Waals surface area contributed by atoms with Gasteiger partial charge in [-0.3, -0.25) is 0 Å². The van der Waals surface area contributed by atoms with Crippen LogP contribution in [0.25, 0.3) is 0 Å². The van der Waals surface area contributed by atoms with Gasteiger partial charge in [0.05, 0.1) is 0 Å². The van der Waals surface area contributed by atoms with Gasteiger partial charge in [-0.1, -0.05) is 43.7 Å². The van der Waals surface area contributed by atoms with E-state index in [9.17, 15) is 4.79 Å². The second-order valence-electron chi connectivity index (χ2n) is 8.45. The topological polar surface area (TPSA) is 65.7 Å². The number of carbonyl (C=O) groups is 1. The number of hydrogen-bond acceptors (Lipinski definition) is 5. The van der Waals surface area contributed by atoms with Crippen LogP contribution in [0.2, 0.25) is 0 Å². The molecule has 164 valence electrons. The van der Waals surface area contributed by atoms with E-state index in [2.05, 4.69) is 48.3 Å². The van der Waals surface area contributed by atoms with E-state index in [1.54, 1.807) is 0 Å². The van der Waals surface area contributed by atoms with E-state index in [1.807, 2.05) is 41.9 Å². The number of rotatable bonds is 10. The SMILES string of the molecule is CCC(CCc1nc(N(C)C)no1)CN(CC)C(=O)N(C)C1CC1c1ccccc1. The van der Waals surface area contributed by atoms with Crippen molar-refractivity contribution in [3.63, 3.8) is 0 Å². The minimum Gasteiger partial charge on any atom is -0.344 e. The Kier molecular flexibility index (Phi) is 7.34. The summed E-state index contributed by atoms with van der Waals surface area (Å²) in [5.41, 5.74) is 1.33. The predicted octanol–water partition coefficient (Wildman–Crippen LogP) is 4.02. The van der Waals surface area contributed by atoms with Crippen LogP contribution in [0.4, 0.5) is 10.7 Å². The molecule has 1 fully saturated rings. The summed E-state index contributed by atoms with van der Waals surface area (Å²) in [6, 6.07) is 10.9. The van der Waals surface area contributed by atoms with Gasteiger partial charge in [0.1, 0.15) is 0 Å². The van der Waals surface area contributed by atoms with Crippen molar-refractivity contribution in [1.82, 2.24) is 19.9 Å². The highest BCUT2D eigenvalue weighted by molar-refractivity contribution is 5.75. The Balaban J connectivity index is 1.52. The summed E-state index contributed by atoms with van der Waals surface area (Å²) in [5.74, 6) is 2.13. The lowest BCUT2D eigenvalue weighted by molar-refractivity contribution is 0.151. The van der Waals surface area contributed by atoms with E-state index in [0.717, 1.165) is 32.2 Å². The van der Waals surface area contributed by atoms with Crippen LogP contribution in [-0.4, -0.2) is 66.2 Å². The fourth-order valence-electron chi connectivity index (χ4n) is 3.97. The van der Waals surface area contributed by atoms with Crippen LogP contribution in [0.1, 0.15) is 50.5 Å². The summed E-state index contributed by atoms with van der Waals surface area (Å²) < 4.78 is 5.34. The molecule has 2 aromatic rings. The number of benzene rings is 1. The van der Waals surface area contributed by atoms with Crippen molar-refractivity contribution >= 4 is 12.0 Å². The zero-order chi connectivity index (χ0) is 21.7. The lowest BCUT2D eigenvalue weighted by atomic mass is 9.99. The maximum atomic E-state index is 13.1. The van der Waals surface area contributed by atoms with Crippen LogP contribution in [-0.2, 0) is 6.42 Å². The average Bonchev–Trinajstić information content (AvgIpc) is 3.42. The molecule has 1 saturated carbocycles. The van der Waals surface area contributed by atoms with Crippen molar-refractivity contribution in [2.45, 2.75) is 51.5 Å². The van der Waals surface area contributed by atoms with Crippen LogP contribution in [0.5, 0.6) is 0 Å². The first-order chi connectivity index (χ1) is 14.4. The first-order valence-corrected chi connectivity index (χ1v) is 11.0. The van der Waals surface area contributed by atoms with Crippen LogP contribution < -0.4 is 4.90 Å². The van der Waals surface area contributed by atoms with Gasteiger partial charge in [-0.15, -0.1) is 0 Å². The standard InChI is InChI=1S/C23H35N5O2/c1-6-17(13-14-21-24-22(25-30-21)26(3)4)16-28(7-2)23(29)27(5)20-15-19(20)18-11-9-8-10-12-18/h8-12,17,19-20H,6-7,13-16H2,1-5H3. The van der Waals surface area contributed by atoms with Crippen LogP contribution in [0.15, 0.2) is 34.9 Å². The van der Waals surface area contributed by atoms with Gasteiger partial charge in [0.2, 0.25) is 5.89 Å². The molecule has 0 radical (unpaired) electrons. The predicted molar refractivity (Wildman–Crippen MR) is 119 cm³/mol. The molecule has 7 heteroatoms. The fraction of sp³-hybridized carbons (Fsp3) is 0.609. The zero-order valence-electron chi connectivity index (χ0n) is 18.9. The number of nitrogens with zero attached hydrogens (tertiary/aromatic N) is 5. The van der Waals surface area contributed by atoms with Crippen molar-refractivity contribution < 1.29 is 9.32 Å². The number of hydrogen-bond donors (Lipinski definition) is 0. The number of aryl methyl sites for hydroxylation is 1. The molecule has 1 aliphatic carbocycles. The number of amides is 2. The third kappa shape index (κ3) is 5.32. The maximum absolute atomic E-state index is 13.1. The molecule has 2 amide bonds. The monoisotopic (exact) mass is 413 g/mol. The second-order valence-corrected chi connectivity index (χ2v) is 8.45. The molecule has 3 atom stereocenters.